The Hall–Kier alpha value is -0.230. The number of allylic oxidation sites excluding steroid dienone is 4. The highest BCUT2D eigenvalue weighted by molar-refractivity contribution is 6.32. The van der Waals surface area contributed by atoms with Gasteiger partial charge in [-0.3, -0.25) is 0 Å². The van der Waals surface area contributed by atoms with Crippen molar-refractivity contribution in [1.82, 2.24) is 0 Å². The van der Waals surface area contributed by atoms with Crippen LogP contribution < -0.4 is 0 Å². The SMILES string of the molecule is CC1=CCC(C)C=C1Cl. The maximum Gasteiger partial charge on any atom is 0.0394 e. The molecule has 50 valence electrons. The van der Waals surface area contributed by atoms with E-state index < -0.39 is 0 Å². The van der Waals surface area contributed by atoms with Crippen LogP contribution in [0.5, 0.6) is 0 Å². The number of rotatable bonds is 0. The Morgan fingerprint density at radius 2 is 2.33 bits per heavy atom. The molecular formula is C8H11Cl. The van der Waals surface area contributed by atoms with E-state index in [-0.39, 0.29) is 0 Å². The van der Waals surface area contributed by atoms with Crippen molar-refractivity contribution in [3.8, 4) is 0 Å². The molecule has 1 aliphatic rings. The van der Waals surface area contributed by atoms with E-state index in [9.17, 15) is 0 Å². The van der Waals surface area contributed by atoms with Gasteiger partial charge in [0.15, 0.2) is 0 Å². The monoisotopic (exact) mass is 142 g/mol. The second-order valence-electron chi connectivity index (χ2n) is 2.61. The third-order valence-electron chi connectivity index (χ3n) is 1.60. The lowest BCUT2D eigenvalue weighted by molar-refractivity contribution is 0.728. The fourth-order valence-corrected chi connectivity index (χ4v) is 1.20. The zero-order valence-electron chi connectivity index (χ0n) is 5.82. The highest BCUT2D eigenvalue weighted by Crippen LogP contribution is 2.24. The minimum atomic E-state index is 0.626. The summed E-state index contributed by atoms with van der Waals surface area (Å²) in [6.45, 7) is 4.22. The fourth-order valence-electron chi connectivity index (χ4n) is 0.909. The molecule has 0 nitrogen and oxygen atoms in total. The van der Waals surface area contributed by atoms with Crippen molar-refractivity contribution in [2.45, 2.75) is 20.3 Å². The molecule has 1 atom stereocenters. The van der Waals surface area contributed by atoms with Crippen molar-refractivity contribution in [1.29, 1.82) is 0 Å². The zero-order chi connectivity index (χ0) is 6.85. The van der Waals surface area contributed by atoms with Crippen LogP contribution in [0.1, 0.15) is 20.3 Å². The molecule has 0 bridgehead atoms. The Balaban J connectivity index is 2.75. The van der Waals surface area contributed by atoms with Crippen molar-refractivity contribution < 1.29 is 0 Å². The van der Waals surface area contributed by atoms with Crippen molar-refractivity contribution in [2.75, 3.05) is 0 Å². The molecule has 0 amide bonds. The van der Waals surface area contributed by atoms with E-state index >= 15 is 0 Å². The first-order valence-electron chi connectivity index (χ1n) is 3.24. The summed E-state index contributed by atoms with van der Waals surface area (Å²) >= 11 is 5.85. The van der Waals surface area contributed by atoms with Crippen molar-refractivity contribution in [3.05, 3.63) is 22.8 Å². The number of hydrogen-bond acceptors (Lipinski definition) is 0. The Labute approximate surface area is 61.2 Å². The second-order valence-corrected chi connectivity index (χ2v) is 3.02. The average Bonchev–Trinajstić information content (AvgIpc) is 1.80. The summed E-state index contributed by atoms with van der Waals surface area (Å²) in [5, 5.41) is 0.925. The average molecular weight is 143 g/mol. The molecule has 0 spiro atoms. The van der Waals surface area contributed by atoms with Crippen LogP contribution in [0.3, 0.4) is 0 Å². The summed E-state index contributed by atoms with van der Waals surface area (Å²) in [6.07, 6.45) is 5.44. The van der Waals surface area contributed by atoms with Gasteiger partial charge in [0.25, 0.3) is 0 Å². The van der Waals surface area contributed by atoms with Gasteiger partial charge in [0.05, 0.1) is 0 Å². The molecule has 9 heavy (non-hydrogen) atoms. The summed E-state index contributed by atoms with van der Waals surface area (Å²) in [6, 6.07) is 0. The standard InChI is InChI=1S/C8H11Cl/c1-6-3-4-7(2)8(9)5-6/h4-6H,3H2,1-2H3. The molecular weight excluding hydrogens is 132 g/mol. The van der Waals surface area contributed by atoms with E-state index in [2.05, 4.69) is 19.1 Å². The van der Waals surface area contributed by atoms with Crippen LogP contribution in [0.4, 0.5) is 0 Å². The molecule has 1 heteroatoms. The van der Waals surface area contributed by atoms with Gasteiger partial charge < -0.3 is 0 Å². The van der Waals surface area contributed by atoms with Crippen LogP contribution in [-0.2, 0) is 0 Å². The molecule has 0 aromatic heterocycles. The molecule has 0 aromatic rings. The first-order valence-corrected chi connectivity index (χ1v) is 3.62. The van der Waals surface area contributed by atoms with Gasteiger partial charge in [0.1, 0.15) is 0 Å². The molecule has 0 heterocycles. The fraction of sp³-hybridized carbons (Fsp3) is 0.500. The normalized spacial score (nSPS) is 27.2. The predicted octanol–water partition coefficient (Wildman–Crippen LogP) is 3.10. The lowest BCUT2D eigenvalue weighted by Crippen LogP contribution is -1.94. The van der Waals surface area contributed by atoms with Gasteiger partial charge >= 0.3 is 0 Å². The van der Waals surface area contributed by atoms with Crippen molar-refractivity contribution in [2.24, 2.45) is 5.92 Å². The molecule has 0 aromatic carbocycles. The quantitative estimate of drug-likeness (QED) is 0.488. The van der Waals surface area contributed by atoms with Crippen molar-refractivity contribution in [3.63, 3.8) is 0 Å². The lowest BCUT2D eigenvalue weighted by Gasteiger charge is -2.11. The largest absolute Gasteiger partial charge is 0.0844 e. The van der Waals surface area contributed by atoms with E-state index in [0.29, 0.717) is 5.92 Å². The van der Waals surface area contributed by atoms with Crippen LogP contribution in [0.15, 0.2) is 22.8 Å². The number of hydrogen-bond donors (Lipinski definition) is 0. The third-order valence-corrected chi connectivity index (χ3v) is 2.03. The molecule has 0 saturated carbocycles. The summed E-state index contributed by atoms with van der Waals surface area (Å²) in [4.78, 5) is 0. The summed E-state index contributed by atoms with van der Waals surface area (Å²) in [7, 11) is 0. The van der Waals surface area contributed by atoms with E-state index in [1.54, 1.807) is 0 Å². The van der Waals surface area contributed by atoms with Gasteiger partial charge in [-0.25, -0.2) is 0 Å². The first-order chi connectivity index (χ1) is 4.20. The highest BCUT2D eigenvalue weighted by atomic mass is 35.5. The maximum atomic E-state index is 5.85. The Morgan fingerprint density at radius 1 is 1.67 bits per heavy atom. The molecule has 0 N–H and O–H groups in total. The molecule has 0 fully saturated rings. The maximum absolute atomic E-state index is 5.85. The summed E-state index contributed by atoms with van der Waals surface area (Å²) in [5.74, 6) is 0.626. The predicted molar refractivity (Wildman–Crippen MR) is 41.5 cm³/mol. The third kappa shape index (κ3) is 1.59. The van der Waals surface area contributed by atoms with Gasteiger partial charge in [-0.15, -0.1) is 0 Å². The number of halogens is 1. The zero-order valence-corrected chi connectivity index (χ0v) is 6.57. The van der Waals surface area contributed by atoms with E-state index in [1.807, 2.05) is 6.92 Å². The van der Waals surface area contributed by atoms with Crippen LogP contribution >= 0.6 is 11.6 Å². The van der Waals surface area contributed by atoms with Gasteiger partial charge in [-0.05, 0) is 24.8 Å². The Kier molecular flexibility index (Phi) is 1.97. The van der Waals surface area contributed by atoms with Crippen molar-refractivity contribution >= 4 is 11.6 Å². The van der Waals surface area contributed by atoms with E-state index in [4.69, 9.17) is 11.6 Å². The van der Waals surface area contributed by atoms with Crippen LogP contribution in [0.25, 0.3) is 0 Å². The molecule has 0 aliphatic heterocycles. The van der Waals surface area contributed by atoms with Crippen LogP contribution in [-0.4, -0.2) is 0 Å². The topological polar surface area (TPSA) is 0 Å². The smallest absolute Gasteiger partial charge is 0.0394 e. The lowest BCUT2D eigenvalue weighted by atomic mass is 9.99. The van der Waals surface area contributed by atoms with Gasteiger partial charge in [0, 0.05) is 5.03 Å². The van der Waals surface area contributed by atoms with Gasteiger partial charge in [-0.2, -0.15) is 0 Å². The molecule has 0 radical (unpaired) electrons. The van der Waals surface area contributed by atoms with Gasteiger partial charge in [0.2, 0.25) is 0 Å². The van der Waals surface area contributed by atoms with Crippen LogP contribution in [0.2, 0.25) is 0 Å². The Bertz CT molecular complexity index is 165. The summed E-state index contributed by atoms with van der Waals surface area (Å²) in [5.41, 5.74) is 1.22. The minimum absolute atomic E-state index is 0.626. The molecule has 1 rings (SSSR count). The first kappa shape index (κ1) is 6.88. The molecule has 1 unspecified atom stereocenters. The van der Waals surface area contributed by atoms with Crippen LogP contribution in [0, 0.1) is 5.92 Å². The molecule has 0 saturated heterocycles. The second kappa shape index (κ2) is 2.57. The van der Waals surface area contributed by atoms with Gasteiger partial charge in [-0.1, -0.05) is 30.7 Å². The van der Waals surface area contributed by atoms with E-state index in [0.717, 1.165) is 11.5 Å². The van der Waals surface area contributed by atoms with E-state index in [1.165, 1.54) is 5.57 Å². The molecule has 1 aliphatic carbocycles. The Morgan fingerprint density at radius 3 is 2.78 bits per heavy atom. The summed E-state index contributed by atoms with van der Waals surface area (Å²) < 4.78 is 0. The highest BCUT2D eigenvalue weighted by Gasteiger charge is 2.05. The minimum Gasteiger partial charge on any atom is -0.0844 e.